The van der Waals surface area contributed by atoms with Gasteiger partial charge in [-0.3, -0.25) is 9.69 Å². The van der Waals surface area contributed by atoms with Crippen LogP contribution in [0.15, 0.2) is 18.2 Å². The van der Waals surface area contributed by atoms with Gasteiger partial charge in [0.15, 0.2) is 0 Å². The van der Waals surface area contributed by atoms with Crippen LogP contribution in [-0.4, -0.2) is 47.5 Å². The Balaban J connectivity index is 1.85. The number of carboxylic acids is 1. The minimum absolute atomic E-state index is 0.0291. The number of alkyl halides is 7. The molecular formula is C19H20F7NO2. The summed E-state index contributed by atoms with van der Waals surface area (Å²) in [5, 5.41) is 8.75. The molecule has 29 heavy (non-hydrogen) atoms. The molecule has 0 amide bonds. The van der Waals surface area contributed by atoms with Crippen LogP contribution in [-0.2, 0) is 16.9 Å². The summed E-state index contributed by atoms with van der Waals surface area (Å²) in [7, 11) is 0. The quantitative estimate of drug-likeness (QED) is 0.677. The molecule has 0 aromatic heterocycles. The summed E-state index contributed by atoms with van der Waals surface area (Å²) in [6.07, 6.45) is -10.3. The van der Waals surface area contributed by atoms with E-state index in [0.29, 0.717) is 55.6 Å². The number of benzene rings is 1. The SMILES string of the molecule is O=C(O)CCCN1CCC2c3ccc(C(F)(C(F)(F)F)C(F)(F)F)cc3CC[C@H]21. The van der Waals surface area contributed by atoms with Crippen LogP contribution in [0.5, 0.6) is 0 Å². The Morgan fingerprint density at radius 3 is 2.31 bits per heavy atom. The summed E-state index contributed by atoms with van der Waals surface area (Å²) >= 11 is 0. The number of aryl methyl sites for hydroxylation is 1. The van der Waals surface area contributed by atoms with Crippen LogP contribution in [0.3, 0.4) is 0 Å². The number of carboxylic acid groups (broad SMARTS) is 1. The fraction of sp³-hybridized carbons (Fsp3) is 0.632. The molecule has 0 bridgehead atoms. The van der Waals surface area contributed by atoms with E-state index in [9.17, 15) is 35.5 Å². The van der Waals surface area contributed by atoms with Crippen LogP contribution >= 0.6 is 0 Å². The Bertz CT molecular complexity index is 761. The maximum absolute atomic E-state index is 14.3. The zero-order valence-corrected chi connectivity index (χ0v) is 15.3. The average Bonchev–Trinajstić information content (AvgIpc) is 3.01. The number of likely N-dealkylation sites (tertiary alicyclic amines) is 1. The second kappa shape index (κ2) is 7.45. The van der Waals surface area contributed by atoms with Gasteiger partial charge in [0.2, 0.25) is 0 Å². The molecule has 1 aliphatic carbocycles. The van der Waals surface area contributed by atoms with Crippen LogP contribution in [0.1, 0.15) is 48.3 Å². The number of nitrogens with zero attached hydrogens (tertiary/aromatic N) is 1. The molecule has 1 aliphatic heterocycles. The molecule has 1 unspecified atom stereocenters. The van der Waals surface area contributed by atoms with Crippen LogP contribution in [0.4, 0.5) is 30.7 Å². The van der Waals surface area contributed by atoms with Gasteiger partial charge in [0, 0.05) is 23.9 Å². The predicted molar refractivity (Wildman–Crippen MR) is 89.2 cm³/mol. The molecule has 1 saturated heterocycles. The first-order valence-electron chi connectivity index (χ1n) is 9.27. The molecule has 3 rings (SSSR count). The number of halogens is 7. The van der Waals surface area contributed by atoms with Gasteiger partial charge in [0.1, 0.15) is 0 Å². The van der Waals surface area contributed by atoms with Gasteiger partial charge in [0.25, 0.3) is 0 Å². The summed E-state index contributed by atoms with van der Waals surface area (Å²) in [5.74, 6) is -0.963. The highest BCUT2D eigenvalue weighted by atomic mass is 19.4. The molecule has 2 aliphatic rings. The van der Waals surface area contributed by atoms with E-state index in [1.165, 1.54) is 6.07 Å². The van der Waals surface area contributed by atoms with Crippen molar-refractivity contribution in [3.63, 3.8) is 0 Å². The lowest BCUT2D eigenvalue weighted by atomic mass is 9.77. The number of rotatable bonds is 5. The van der Waals surface area contributed by atoms with E-state index in [1.807, 2.05) is 0 Å². The molecule has 10 heteroatoms. The van der Waals surface area contributed by atoms with E-state index in [2.05, 4.69) is 4.90 Å². The van der Waals surface area contributed by atoms with Gasteiger partial charge >= 0.3 is 24.0 Å². The zero-order chi connectivity index (χ0) is 21.6. The van der Waals surface area contributed by atoms with E-state index in [-0.39, 0.29) is 24.8 Å². The van der Waals surface area contributed by atoms with Crippen molar-refractivity contribution in [1.82, 2.24) is 4.90 Å². The van der Waals surface area contributed by atoms with E-state index < -0.39 is 29.6 Å². The van der Waals surface area contributed by atoms with E-state index in [4.69, 9.17) is 5.11 Å². The third-order valence-electron chi connectivity index (χ3n) is 5.93. The van der Waals surface area contributed by atoms with Crippen molar-refractivity contribution in [3.8, 4) is 0 Å². The first-order valence-corrected chi connectivity index (χ1v) is 9.27. The number of fused-ring (bicyclic) bond motifs is 3. The molecule has 0 radical (unpaired) electrons. The Kier molecular flexibility index (Phi) is 5.61. The zero-order valence-electron chi connectivity index (χ0n) is 15.3. The molecule has 1 aromatic rings. The first kappa shape index (κ1) is 21.9. The smallest absolute Gasteiger partial charge is 0.435 e. The van der Waals surface area contributed by atoms with Gasteiger partial charge in [-0.15, -0.1) is 0 Å². The van der Waals surface area contributed by atoms with Crippen LogP contribution < -0.4 is 0 Å². The number of hydrogen-bond donors (Lipinski definition) is 1. The monoisotopic (exact) mass is 427 g/mol. The van der Waals surface area contributed by atoms with Crippen molar-refractivity contribution in [3.05, 3.63) is 34.9 Å². The van der Waals surface area contributed by atoms with Gasteiger partial charge in [-0.1, -0.05) is 18.2 Å². The Hall–Kier alpha value is -1.84. The second-order valence-electron chi connectivity index (χ2n) is 7.60. The van der Waals surface area contributed by atoms with Gasteiger partial charge in [-0.25, -0.2) is 4.39 Å². The lowest BCUT2D eigenvalue weighted by molar-refractivity contribution is -0.348. The van der Waals surface area contributed by atoms with Crippen LogP contribution in [0.2, 0.25) is 0 Å². The predicted octanol–water partition coefficient (Wildman–Crippen LogP) is 4.94. The largest absolute Gasteiger partial charge is 0.481 e. The topological polar surface area (TPSA) is 40.5 Å². The minimum Gasteiger partial charge on any atom is -0.481 e. The minimum atomic E-state index is -6.12. The van der Waals surface area contributed by atoms with E-state index >= 15 is 0 Å². The van der Waals surface area contributed by atoms with Gasteiger partial charge in [-0.05, 0) is 49.9 Å². The summed E-state index contributed by atoms with van der Waals surface area (Å²) in [6, 6.07) is 2.55. The average molecular weight is 427 g/mol. The standard InChI is InChI=1S/C19H20F7NO2/c20-17(18(21,22)23,19(24,25)26)12-4-5-13-11(10-12)3-6-15-14(13)7-9-27(15)8-1-2-16(28)29/h4-5,10,14-15H,1-3,6-9H2,(H,28,29)/t14?,15-/m1/s1. The maximum Gasteiger partial charge on any atom is 0.435 e. The third-order valence-corrected chi connectivity index (χ3v) is 5.93. The highest BCUT2D eigenvalue weighted by Gasteiger charge is 2.73. The molecule has 1 N–H and O–H groups in total. The van der Waals surface area contributed by atoms with Crippen molar-refractivity contribution >= 4 is 5.97 Å². The lowest BCUT2D eigenvalue weighted by Gasteiger charge is -2.35. The van der Waals surface area contributed by atoms with Gasteiger partial charge < -0.3 is 5.11 Å². The third kappa shape index (κ3) is 3.83. The normalized spacial score (nSPS) is 23.0. The molecule has 3 nitrogen and oxygen atoms in total. The van der Waals surface area contributed by atoms with Crippen LogP contribution in [0, 0.1) is 0 Å². The van der Waals surface area contributed by atoms with Gasteiger partial charge in [0.05, 0.1) is 0 Å². The van der Waals surface area contributed by atoms with Crippen LogP contribution in [0.25, 0.3) is 0 Å². The van der Waals surface area contributed by atoms with Crippen molar-refractivity contribution in [1.29, 1.82) is 0 Å². The molecule has 0 saturated carbocycles. The number of hydrogen-bond acceptors (Lipinski definition) is 2. The van der Waals surface area contributed by atoms with Crippen molar-refractivity contribution in [2.45, 2.75) is 62.1 Å². The highest BCUT2D eigenvalue weighted by molar-refractivity contribution is 5.66. The number of carbonyl (C=O) groups is 1. The molecule has 2 atom stereocenters. The van der Waals surface area contributed by atoms with E-state index in [1.54, 1.807) is 0 Å². The molecular weight excluding hydrogens is 407 g/mol. The maximum atomic E-state index is 14.3. The fourth-order valence-electron chi connectivity index (χ4n) is 4.56. The Morgan fingerprint density at radius 2 is 1.72 bits per heavy atom. The fourth-order valence-corrected chi connectivity index (χ4v) is 4.56. The molecule has 0 spiro atoms. The lowest BCUT2D eigenvalue weighted by Crippen LogP contribution is -2.50. The molecule has 1 fully saturated rings. The summed E-state index contributed by atoms with van der Waals surface area (Å²) in [6.45, 7) is 1.24. The second-order valence-corrected chi connectivity index (χ2v) is 7.60. The van der Waals surface area contributed by atoms with Crippen molar-refractivity contribution < 1.29 is 40.6 Å². The molecule has 1 heterocycles. The Labute approximate surface area is 162 Å². The summed E-state index contributed by atoms with van der Waals surface area (Å²) < 4.78 is 92.4. The van der Waals surface area contributed by atoms with E-state index in [0.717, 1.165) is 0 Å². The summed E-state index contributed by atoms with van der Waals surface area (Å²) in [5.41, 5.74) is -5.89. The molecule has 1 aromatic carbocycles. The Morgan fingerprint density at radius 1 is 1.07 bits per heavy atom. The first-order chi connectivity index (χ1) is 13.4. The van der Waals surface area contributed by atoms with Gasteiger partial charge in [-0.2, -0.15) is 26.3 Å². The summed E-state index contributed by atoms with van der Waals surface area (Å²) in [4.78, 5) is 12.8. The highest BCUT2D eigenvalue weighted by Crippen LogP contribution is 2.54. The van der Waals surface area contributed by atoms with Crippen molar-refractivity contribution in [2.75, 3.05) is 13.1 Å². The number of aliphatic carboxylic acids is 1. The molecule has 162 valence electrons. The van der Waals surface area contributed by atoms with Crippen molar-refractivity contribution in [2.24, 2.45) is 0 Å².